The molecule has 0 spiro atoms. The van der Waals surface area contributed by atoms with Gasteiger partial charge in [0.1, 0.15) is 13.2 Å². The molecule has 0 aliphatic carbocycles. The molecule has 0 heterocycles. The smallest absolute Gasteiger partial charge is 0.306 e. The fourth-order valence-corrected chi connectivity index (χ4v) is 5.94. The maximum Gasteiger partial charge on any atom is 0.306 e. The number of esters is 3. The van der Waals surface area contributed by atoms with Gasteiger partial charge in [-0.05, 0) is 103 Å². The van der Waals surface area contributed by atoms with Gasteiger partial charge in [0.05, 0.1) is 0 Å². The van der Waals surface area contributed by atoms with Gasteiger partial charge in [-0.3, -0.25) is 14.4 Å². The highest BCUT2D eigenvalue weighted by Crippen LogP contribution is 2.12. The van der Waals surface area contributed by atoms with Crippen molar-refractivity contribution in [2.24, 2.45) is 0 Å². The van der Waals surface area contributed by atoms with Gasteiger partial charge in [-0.2, -0.15) is 0 Å². The topological polar surface area (TPSA) is 78.9 Å². The van der Waals surface area contributed by atoms with Crippen LogP contribution in [0.15, 0.2) is 85.1 Å². The van der Waals surface area contributed by atoms with Crippen LogP contribution in [0, 0.1) is 0 Å². The second-order valence-electron chi connectivity index (χ2n) is 14.9. The van der Waals surface area contributed by atoms with E-state index in [1.807, 2.05) is 0 Å². The third-order valence-corrected chi connectivity index (χ3v) is 9.36. The van der Waals surface area contributed by atoms with Crippen molar-refractivity contribution in [3.8, 4) is 0 Å². The number of allylic oxidation sites excluding steroid dienone is 14. The second kappa shape index (κ2) is 45.3. The Morgan fingerprint density at radius 3 is 1.16 bits per heavy atom. The minimum atomic E-state index is -0.803. The van der Waals surface area contributed by atoms with E-state index >= 15 is 0 Å². The van der Waals surface area contributed by atoms with Crippen molar-refractivity contribution < 1.29 is 28.6 Å². The lowest BCUT2D eigenvalue weighted by Gasteiger charge is -2.18. The summed E-state index contributed by atoms with van der Waals surface area (Å²) in [4.78, 5) is 37.7. The Balaban J connectivity index is 4.44. The van der Waals surface area contributed by atoms with Crippen LogP contribution in [0.1, 0.15) is 201 Å². The molecule has 324 valence electrons. The molecular formula is C51H84O6. The lowest BCUT2D eigenvalue weighted by Crippen LogP contribution is -2.30. The van der Waals surface area contributed by atoms with Crippen LogP contribution in [-0.4, -0.2) is 37.2 Å². The average Bonchev–Trinajstić information content (AvgIpc) is 3.21. The molecule has 0 saturated carbocycles. The summed E-state index contributed by atoms with van der Waals surface area (Å²) in [6.45, 7) is 6.30. The Labute approximate surface area is 350 Å². The molecule has 0 N–H and O–H groups in total. The Kier molecular flexibility index (Phi) is 42.6. The standard InChI is InChI=1S/C51H84O6/c1-4-7-10-13-16-19-21-23-25-26-28-29-32-35-38-41-44-50(53)56-47-48(46-55-49(52)43-40-37-34-31-18-15-12-9-6-3)57-51(54)45-42-39-36-33-30-27-24-22-20-17-14-11-8-5-2/h7-8,10-11,16-17,19-20,23-25,27,31,34,48H,4-6,9,12-15,18,21-22,26,28-30,32-33,35-47H2,1-3H3/b10-7-,11-8-,19-16-,20-17-,25-23-,27-24-,34-31-. The van der Waals surface area contributed by atoms with Gasteiger partial charge in [-0.15, -0.1) is 0 Å². The first-order valence-corrected chi connectivity index (χ1v) is 23.1. The Morgan fingerprint density at radius 1 is 0.368 bits per heavy atom. The van der Waals surface area contributed by atoms with Gasteiger partial charge in [0, 0.05) is 19.3 Å². The molecule has 0 aromatic heterocycles. The number of hydrogen-bond acceptors (Lipinski definition) is 6. The van der Waals surface area contributed by atoms with Crippen molar-refractivity contribution in [3.63, 3.8) is 0 Å². The van der Waals surface area contributed by atoms with Gasteiger partial charge < -0.3 is 14.2 Å². The summed E-state index contributed by atoms with van der Waals surface area (Å²) in [7, 11) is 0. The predicted octanol–water partition coefficient (Wildman–Crippen LogP) is 14.9. The van der Waals surface area contributed by atoms with Gasteiger partial charge in [0.2, 0.25) is 0 Å². The van der Waals surface area contributed by atoms with Crippen LogP contribution >= 0.6 is 0 Å². The van der Waals surface area contributed by atoms with Crippen molar-refractivity contribution >= 4 is 17.9 Å². The number of rotatable bonds is 40. The van der Waals surface area contributed by atoms with E-state index in [4.69, 9.17) is 14.2 Å². The molecule has 0 aliphatic rings. The van der Waals surface area contributed by atoms with Crippen LogP contribution < -0.4 is 0 Å². The molecule has 0 aromatic carbocycles. The fraction of sp³-hybridized carbons (Fsp3) is 0.667. The fourth-order valence-electron chi connectivity index (χ4n) is 5.94. The molecule has 0 rings (SSSR count). The predicted molar refractivity (Wildman–Crippen MR) is 242 cm³/mol. The Bertz CT molecular complexity index is 1140. The van der Waals surface area contributed by atoms with E-state index in [2.05, 4.69) is 106 Å². The number of carbonyl (C=O) groups excluding carboxylic acids is 3. The van der Waals surface area contributed by atoms with E-state index < -0.39 is 6.10 Å². The van der Waals surface area contributed by atoms with Crippen LogP contribution in [0.4, 0.5) is 0 Å². The zero-order valence-corrected chi connectivity index (χ0v) is 36.8. The van der Waals surface area contributed by atoms with Crippen LogP contribution in [-0.2, 0) is 28.6 Å². The zero-order chi connectivity index (χ0) is 41.5. The molecule has 1 unspecified atom stereocenters. The number of unbranched alkanes of at least 4 members (excludes halogenated alkanes) is 15. The van der Waals surface area contributed by atoms with Crippen molar-refractivity contribution in [1.82, 2.24) is 0 Å². The summed E-state index contributed by atoms with van der Waals surface area (Å²) in [5.74, 6) is -0.981. The summed E-state index contributed by atoms with van der Waals surface area (Å²) in [6.07, 6.45) is 57.2. The van der Waals surface area contributed by atoms with Crippen molar-refractivity contribution in [3.05, 3.63) is 85.1 Å². The average molecular weight is 793 g/mol. The van der Waals surface area contributed by atoms with Crippen molar-refractivity contribution in [2.45, 2.75) is 207 Å². The molecule has 0 bridgehead atoms. The van der Waals surface area contributed by atoms with Crippen LogP contribution in [0.5, 0.6) is 0 Å². The minimum Gasteiger partial charge on any atom is -0.462 e. The normalized spacial score (nSPS) is 12.8. The SMILES string of the molecule is CC/C=C\C/C=C\C/C=C\CCCCCCCCC(=O)OCC(COC(=O)CCC/C=C\CCCCCC)OC(=O)CCCCCC/C=C\C/C=C\C/C=C\CC. The zero-order valence-electron chi connectivity index (χ0n) is 36.8. The van der Waals surface area contributed by atoms with E-state index in [-0.39, 0.29) is 31.1 Å². The summed E-state index contributed by atoms with van der Waals surface area (Å²) < 4.78 is 16.6. The monoisotopic (exact) mass is 793 g/mol. The highest BCUT2D eigenvalue weighted by Gasteiger charge is 2.19. The second-order valence-corrected chi connectivity index (χ2v) is 14.9. The van der Waals surface area contributed by atoms with Crippen LogP contribution in [0.3, 0.4) is 0 Å². The molecular weight excluding hydrogens is 709 g/mol. The maximum absolute atomic E-state index is 12.7. The number of ether oxygens (including phenoxy) is 3. The minimum absolute atomic E-state index is 0.102. The van der Waals surface area contributed by atoms with Gasteiger partial charge in [0.15, 0.2) is 6.10 Å². The molecule has 1 atom stereocenters. The summed E-state index contributed by atoms with van der Waals surface area (Å²) >= 11 is 0. The van der Waals surface area contributed by atoms with E-state index in [0.717, 1.165) is 116 Å². The number of hydrogen-bond donors (Lipinski definition) is 0. The molecule has 57 heavy (non-hydrogen) atoms. The molecule has 0 radical (unpaired) electrons. The van der Waals surface area contributed by atoms with E-state index in [9.17, 15) is 14.4 Å². The lowest BCUT2D eigenvalue weighted by atomic mass is 10.1. The Morgan fingerprint density at radius 2 is 0.702 bits per heavy atom. The first-order chi connectivity index (χ1) is 28.0. The highest BCUT2D eigenvalue weighted by atomic mass is 16.6. The largest absolute Gasteiger partial charge is 0.462 e. The third-order valence-electron chi connectivity index (χ3n) is 9.36. The molecule has 0 amide bonds. The molecule has 0 saturated heterocycles. The van der Waals surface area contributed by atoms with Gasteiger partial charge in [-0.25, -0.2) is 0 Å². The Hall–Kier alpha value is -3.41. The van der Waals surface area contributed by atoms with Gasteiger partial charge in [0.25, 0.3) is 0 Å². The summed E-state index contributed by atoms with van der Waals surface area (Å²) in [5, 5.41) is 0. The van der Waals surface area contributed by atoms with E-state index in [1.165, 1.54) is 38.5 Å². The first kappa shape index (κ1) is 53.6. The van der Waals surface area contributed by atoms with E-state index in [1.54, 1.807) is 0 Å². The van der Waals surface area contributed by atoms with Crippen molar-refractivity contribution in [2.75, 3.05) is 13.2 Å². The molecule has 6 nitrogen and oxygen atoms in total. The molecule has 0 aromatic rings. The van der Waals surface area contributed by atoms with Gasteiger partial charge in [-0.1, -0.05) is 164 Å². The van der Waals surface area contributed by atoms with Crippen LogP contribution in [0.2, 0.25) is 0 Å². The first-order valence-electron chi connectivity index (χ1n) is 23.1. The summed E-state index contributed by atoms with van der Waals surface area (Å²) in [5.41, 5.74) is 0. The number of carbonyl (C=O) groups is 3. The summed E-state index contributed by atoms with van der Waals surface area (Å²) in [6, 6.07) is 0. The van der Waals surface area contributed by atoms with Gasteiger partial charge >= 0.3 is 17.9 Å². The quantitative estimate of drug-likeness (QED) is 0.0266. The molecule has 6 heteroatoms. The molecule has 0 aliphatic heterocycles. The van der Waals surface area contributed by atoms with E-state index in [0.29, 0.717) is 25.7 Å². The van der Waals surface area contributed by atoms with Crippen LogP contribution in [0.25, 0.3) is 0 Å². The third kappa shape index (κ3) is 43.6. The molecule has 0 fully saturated rings. The van der Waals surface area contributed by atoms with Crippen molar-refractivity contribution in [1.29, 1.82) is 0 Å². The lowest BCUT2D eigenvalue weighted by molar-refractivity contribution is -0.167. The highest BCUT2D eigenvalue weighted by molar-refractivity contribution is 5.71. The maximum atomic E-state index is 12.7.